The molecule has 0 atom stereocenters. The average Bonchev–Trinajstić information content (AvgIpc) is 2.11. The van der Waals surface area contributed by atoms with Gasteiger partial charge in [0, 0.05) is 11.1 Å². The van der Waals surface area contributed by atoms with Crippen LogP contribution >= 0.6 is 23.2 Å². The number of phenols is 1. The zero-order valence-corrected chi connectivity index (χ0v) is 13.3. The van der Waals surface area contributed by atoms with E-state index in [2.05, 4.69) is 33.9 Å². The molecular formula is C12H18Cl2O2Si. The monoisotopic (exact) mass is 292 g/mol. The van der Waals surface area contributed by atoms with Gasteiger partial charge in [0.05, 0.1) is 5.02 Å². The van der Waals surface area contributed by atoms with Crippen molar-refractivity contribution in [3.8, 4) is 11.5 Å². The van der Waals surface area contributed by atoms with Gasteiger partial charge in [-0.1, -0.05) is 44.0 Å². The first-order chi connectivity index (χ1) is 7.54. The Morgan fingerprint density at radius 3 is 2.18 bits per heavy atom. The third-order valence-electron chi connectivity index (χ3n) is 3.16. The Morgan fingerprint density at radius 2 is 1.71 bits per heavy atom. The number of hydrogen-bond acceptors (Lipinski definition) is 2. The average molecular weight is 293 g/mol. The minimum absolute atomic E-state index is 0.0408. The Kier molecular flexibility index (Phi) is 4.07. The molecule has 96 valence electrons. The molecule has 0 fully saturated rings. The van der Waals surface area contributed by atoms with Crippen molar-refractivity contribution >= 4 is 31.5 Å². The van der Waals surface area contributed by atoms with Gasteiger partial charge < -0.3 is 9.53 Å². The summed E-state index contributed by atoms with van der Waals surface area (Å²) in [5, 5.41) is 10.6. The summed E-state index contributed by atoms with van der Waals surface area (Å²) in [5.41, 5.74) is 0. The largest absolute Gasteiger partial charge is 0.541 e. The fourth-order valence-electron chi connectivity index (χ4n) is 1.05. The van der Waals surface area contributed by atoms with Gasteiger partial charge in [-0.15, -0.1) is 0 Å². The van der Waals surface area contributed by atoms with E-state index in [0.717, 1.165) is 0 Å². The molecule has 1 aromatic rings. The third-order valence-corrected chi connectivity index (χ3v) is 8.01. The molecular weight excluding hydrogens is 275 g/mol. The fraction of sp³-hybridized carbons (Fsp3) is 0.500. The SMILES string of the molecule is CC(C)(C)[Si](C)(C)Oc1cc(Cl)cc(Cl)c1O. The summed E-state index contributed by atoms with van der Waals surface area (Å²) >= 11 is 11.8. The second kappa shape index (κ2) is 4.71. The predicted molar refractivity (Wildman–Crippen MR) is 76.0 cm³/mol. The van der Waals surface area contributed by atoms with Crippen LogP contribution in [0.2, 0.25) is 28.2 Å². The minimum atomic E-state index is -2.00. The molecule has 5 heteroatoms. The van der Waals surface area contributed by atoms with Crippen molar-refractivity contribution in [2.45, 2.75) is 38.9 Å². The number of rotatable bonds is 2. The standard InChI is InChI=1S/C12H18Cl2O2Si/c1-12(2,3)17(4,5)16-10-7-8(13)6-9(14)11(10)15/h6-7,15H,1-5H3. The summed E-state index contributed by atoms with van der Waals surface area (Å²) in [4.78, 5) is 0. The summed E-state index contributed by atoms with van der Waals surface area (Å²) in [6, 6.07) is 3.10. The first kappa shape index (κ1) is 14.7. The van der Waals surface area contributed by atoms with Crippen molar-refractivity contribution in [1.29, 1.82) is 0 Å². The topological polar surface area (TPSA) is 29.5 Å². The Morgan fingerprint density at radius 1 is 1.18 bits per heavy atom. The fourth-order valence-corrected chi connectivity index (χ4v) is 2.53. The van der Waals surface area contributed by atoms with E-state index in [-0.39, 0.29) is 15.8 Å². The van der Waals surface area contributed by atoms with Crippen LogP contribution in [-0.2, 0) is 0 Å². The molecule has 0 bridgehead atoms. The molecule has 1 N–H and O–H groups in total. The molecule has 0 aliphatic heterocycles. The van der Waals surface area contributed by atoms with Crippen molar-refractivity contribution in [2.75, 3.05) is 0 Å². The molecule has 0 radical (unpaired) electrons. The Labute approximate surface area is 114 Å². The van der Waals surface area contributed by atoms with Gasteiger partial charge in [0.15, 0.2) is 5.75 Å². The van der Waals surface area contributed by atoms with Crippen molar-refractivity contribution in [3.63, 3.8) is 0 Å². The van der Waals surface area contributed by atoms with E-state index in [0.29, 0.717) is 10.8 Å². The van der Waals surface area contributed by atoms with Gasteiger partial charge in [0.2, 0.25) is 0 Å². The molecule has 17 heavy (non-hydrogen) atoms. The molecule has 0 heterocycles. The van der Waals surface area contributed by atoms with Crippen LogP contribution in [0.15, 0.2) is 12.1 Å². The van der Waals surface area contributed by atoms with Crippen LogP contribution < -0.4 is 4.43 Å². The Bertz CT molecular complexity index is 425. The van der Waals surface area contributed by atoms with E-state index in [1.54, 1.807) is 6.07 Å². The summed E-state index contributed by atoms with van der Waals surface area (Å²) in [6.45, 7) is 10.6. The maximum absolute atomic E-state index is 9.86. The molecule has 0 saturated heterocycles. The van der Waals surface area contributed by atoms with E-state index < -0.39 is 8.32 Å². The number of benzene rings is 1. The van der Waals surface area contributed by atoms with E-state index in [9.17, 15) is 5.11 Å². The van der Waals surface area contributed by atoms with Crippen molar-refractivity contribution < 1.29 is 9.53 Å². The molecule has 0 amide bonds. The van der Waals surface area contributed by atoms with Gasteiger partial charge in [-0.3, -0.25) is 0 Å². The molecule has 1 aromatic carbocycles. The maximum atomic E-state index is 9.86. The molecule has 0 aliphatic carbocycles. The first-order valence-electron chi connectivity index (χ1n) is 5.41. The molecule has 0 aliphatic rings. The number of hydrogen-bond donors (Lipinski definition) is 1. The lowest BCUT2D eigenvalue weighted by Gasteiger charge is -2.36. The summed E-state index contributed by atoms with van der Waals surface area (Å²) < 4.78 is 5.98. The first-order valence-corrected chi connectivity index (χ1v) is 9.08. The van der Waals surface area contributed by atoms with E-state index in [1.807, 2.05) is 0 Å². The summed E-state index contributed by atoms with van der Waals surface area (Å²) in [5.74, 6) is 0.329. The highest BCUT2D eigenvalue weighted by molar-refractivity contribution is 6.74. The highest BCUT2D eigenvalue weighted by atomic mass is 35.5. The van der Waals surface area contributed by atoms with Gasteiger partial charge in [-0.05, 0) is 24.2 Å². The van der Waals surface area contributed by atoms with Crippen LogP contribution in [0, 0.1) is 0 Å². The molecule has 0 saturated carbocycles. The van der Waals surface area contributed by atoms with Crippen molar-refractivity contribution in [3.05, 3.63) is 22.2 Å². The van der Waals surface area contributed by atoms with Crippen LogP contribution in [0.3, 0.4) is 0 Å². The Hall–Kier alpha value is -0.383. The van der Waals surface area contributed by atoms with Gasteiger partial charge >= 0.3 is 0 Å². The van der Waals surface area contributed by atoms with Crippen molar-refractivity contribution in [1.82, 2.24) is 0 Å². The highest BCUT2D eigenvalue weighted by Gasteiger charge is 2.39. The van der Waals surface area contributed by atoms with Gasteiger partial charge in [0.1, 0.15) is 5.75 Å². The Balaban J connectivity index is 3.12. The van der Waals surface area contributed by atoms with E-state index in [4.69, 9.17) is 27.6 Å². The number of aromatic hydroxyl groups is 1. The van der Waals surface area contributed by atoms with E-state index >= 15 is 0 Å². The van der Waals surface area contributed by atoms with Gasteiger partial charge in [-0.2, -0.15) is 0 Å². The quantitative estimate of drug-likeness (QED) is 0.770. The number of phenolic OH excluding ortho intramolecular Hbond substituents is 1. The van der Waals surface area contributed by atoms with Gasteiger partial charge in [-0.25, -0.2) is 0 Å². The zero-order chi connectivity index (χ0) is 13.4. The minimum Gasteiger partial charge on any atom is -0.541 e. The van der Waals surface area contributed by atoms with Gasteiger partial charge in [0.25, 0.3) is 8.32 Å². The van der Waals surface area contributed by atoms with Crippen LogP contribution in [0.4, 0.5) is 0 Å². The highest BCUT2D eigenvalue weighted by Crippen LogP contribution is 2.43. The zero-order valence-electron chi connectivity index (χ0n) is 10.8. The third kappa shape index (κ3) is 3.30. The molecule has 0 spiro atoms. The summed E-state index contributed by atoms with van der Waals surface area (Å²) in [7, 11) is -2.00. The molecule has 1 rings (SSSR count). The lowest BCUT2D eigenvalue weighted by atomic mass is 10.2. The van der Waals surface area contributed by atoms with Crippen LogP contribution in [0.25, 0.3) is 0 Å². The molecule has 0 aromatic heterocycles. The van der Waals surface area contributed by atoms with E-state index in [1.165, 1.54) is 6.07 Å². The predicted octanol–water partition coefficient (Wildman–Crippen LogP) is 5.08. The second-order valence-corrected chi connectivity index (χ2v) is 11.2. The number of halogens is 2. The molecule has 2 nitrogen and oxygen atoms in total. The van der Waals surface area contributed by atoms with Crippen LogP contribution in [-0.4, -0.2) is 13.4 Å². The molecule has 0 unspecified atom stereocenters. The summed E-state index contributed by atoms with van der Waals surface area (Å²) in [6.07, 6.45) is 0. The van der Waals surface area contributed by atoms with Crippen LogP contribution in [0.5, 0.6) is 11.5 Å². The second-order valence-electron chi connectivity index (χ2n) is 5.60. The lowest BCUT2D eigenvalue weighted by molar-refractivity contribution is 0.422. The van der Waals surface area contributed by atoms with Crippen molar-refractivity contribution in [2.24, 2.45) is 0 Å². The normalized spacial score (nSPS) is 12.6. The smallest absolute Gasteiger partial charge is 0.250 e. The van der Waals surface area contributed by atoms with Crippen LogP contribution in [0.1, 0.15) is 20.8 Å². The lowest BCUT2D eigenvalue weighted by Crippen LogP contribution is -2.43. The maximum Gasteiger partial charge on any atom is 0.250 e.